The average Bonchev–Trinajstić information content (AvgIpc) is 2.81. The molecule has 7 heteroatoms. The third kappa shape index (κ3) is 4.55. The van der Waals surface area contributed by atoms with Gasteiger partial charge in [-0.2, -0.15) is 0 Å². The van der Waals surface area contributed by atoms with E-state index in [-0.39, 0.29) is 17.4 Å². The molecule has 0 aliphatic carbocycles. The maximum Gasteiger partial charge on any atom is 0.293 e. The summed E-state index contributed by atoms with van der Waals surface area (Å²) >= 11 is 0. The van der Waals surface area contributed by atoms with E-state index in [0.29, 0.717) is 18.9 Å². The Kier molecular flexibility index (Phi) is 6.21. The monoisotopic (exact) mass is 420 g/mol. The molecule has 1 atom stereocenters. The molecule has 1 unspecified atom stereocenters. The van der Waals surface area contributed by atoms with E-state index in [1.807, 2.05) is 53.4 Å². The van der Waals surface area contributed by atoms with E-state index in [4.69, 9.17) is 4.74 Å². The third-order valence-electron chi connectivity index (χ3n) is 5.90. The van der Waals surface area contributed by atoms with Crippen molar-refractivity contribution in [3.05, 3.63) is 64.4 Å². The van der Waals surface area contributed by atoms with Crippen LogP contribution in [0.1, 0.15) is 18.4 Å². The zero-order valence-corrected chi connectivity index (χ0v) is 18.0. The van der Waals surface area contributed by atoms with Gasteiger partial charge in [0.2, 0.25) is 5.91 Å². The number of amides is 1. The SMILES string of the molecule is COc1cccc(CCNC(=O)C2CCCN(c3nc4ccccc4n(C)c3=O)C2)c1. The molecule has 0 saturated carbocycles. The van der Waals surface area contributed by atoms with Crippen LogP contribution in [0.5, 0.6) is 5.75 Å². The number of nitrogens with one attached hydrogen (secondary N) is 1. The summed E-state index contributed by atoms with van der Waals surface area (Å²) in [5.74, 6) is 1.12. The minimum absolute atomic E-state index is 0.0326. The molecule has 1 aliphatic heterocycles. The number of anilines is 1. The van der Waals surface area contributed by atoms with Crippen molar-refractivity contribution in [1.82, 2.24) is 14.9 Å². The molecule has 4 rings (SSSR count). The Morgan fingerprint density at radius 3 is 2.90 bits per heavy atom. The zero-order chi connectivity index (χ0) is 21.8. The molecular formula is C24H28N4O3. The van der Waals surface area contributed by atoms with Crippen molar-refractivity contribution < 1.29 is 9.53 Å². The molecule has 1 aliphatic rings. The summed E-state index contributed by atoms with van der Waals surface area (Å²) in [5, 5.41) is 3.06. The van der Waals surface area contributed by atoms with Crippen molar-refractivity contribution in [3.63, 3.8) is 0 Å². The Labute approximate surface area is 181 Å². The quantitative estimate of drug-likeness (QED) is 0.663. The number of benzene rings is 2. The molecule has 0 bridgehead atoms. The van der Waals surface area contributed by atoms with E-state index in [0.717, 1.165) is 48.2 Å². The first-order valence-electron chi connectivity index (χ1n) is 10.7. The lowest BCUT2D eigenvalue weighted by Crippen LogP contribution is -2.45. The summed E-state index contributed by atoms with van der Waals surface area (Å²) in [6, 6.07) is 15.5. The second kappa shape index (κ2) is 9.20. The molecule has 1 N–H and O–H groups in total. The largest absolute Gasteiger partial charge is 0.497 e. The maximum atomic E-state index is 12.9. The summed E-state index contributed by atoms with van der Waals surface area (Å²) < 4.78 is 6.88. The summed E-state index contributed by atoms with van der Waals surface area (Å²) in [5.41, 5.74) is 2.58. The topological polar surface area (TPSA) is 76.5 Å². The Morgan fingerprint density at radius 2 is 2.06 bits per heavy atom. The van der Waals surface area contributed by atoms with Gasteiger partial charge in [-0.25, -0.2) is 4.98 Å². The average molecular weight is 421 g/mol. The van der Waals surface area contributed by atoms with Gasteiger partial charge in [0.1, 0.15) is 5.75 Å². The van der Waals surface area contributed by atoms with E-state index < -0.39 is 0 Å². The lowest BCUT2D eigenvalue weighted by atomic mass is 9.97. The van der Waals surface area contributed by atoms with Gasteiger partial charge in [0, 0.05) is 26.7 Å². The van der Waals surface area contributed by atoms with Crippen molar-refractivity contribution in [1.29, 1.82) is 0 Å². The fraction of sp³-hybridized carbons (Fsp3) is 0.375. The highest BCUT2D eigenvalue weighted by Gasteiger charge is 2.28. The van der Waals surface area contributed by atoms with E-state index in [2.05, 4.69) is 10.3 Å². The van der Waals surface area contributed by atoms with Crippen molar-refractivity contribution in [2.75, 3.05) is 31.6 Å². The standard InChI is InChI=1S/C24H28N4O3/c1-27-21-11-4-3-10-20(21)26-22(24(27)30)28-14-6-8-18(16-28)23(29)25-13-12-17-7-5-9-19(15-17)31-2/h3-5,7,9-11,15,18H,6,8,12-14,16H2,1-2H3,(H,25,29). The predicted octanol–water partition coefficient (Wildman–Crippen LogP) is 2.52. The molecule has 1 saturated heterocycles. The van der Waals surface area contributed by atoms with Crippen LogP contribution >= 0.6 is 0 Å². The summed E-state index contributed by atoms with van der Waals surface area (Å²) in [6.45, 7) is 1.80. The van der Waals surface area contributed by atoms with E-state index in [9.17, 15) is 9.59 Å². The Hall–Kier alpha value is -3.35. The molecule has 31 heavy (non-hydrogen) atoms. The first-order chi connectivity index (χ1) is 15.1. The summed E-state index contributed by atoms with van der Waals surface area (Å²) in [6.07, 6.45) is 2.41. The molecule has 0 spiro atoms. The number of nitrogens with zero attached hydrogens (tertiary/aromatic N) is 3. The van der Waals surface area contributed by atoms with Gasteiger partial charge in [0.25, 0.3) is 5.56 Å². The number of methoxy groups -OCH3 is 1. The number of hydrogen-bond acceptors (Lipinski definition) is 5. The molecule has 1 amide bonds. The second-order valence-electron chi connectivity index (χ2n) is 7.97. The van der Waals surface area contributed by atoms with Crippen LogP contribution in [0.15, 0.2) is 53.3 Å². The molecule has 2 aromatic carbocycles. The third-order valence-corrected chi connectivity index (χ3v) is 5.90. The lowest BCUT2D eigenvalue weighted by Gasteiger charge is -2.32. The number of carbonyl (C=O) groups is 1. The van der Waals surface area contributed by atoms with Gasteiger partial charge in [0.05, 0.1) is 24.1 Å². The second-order valence-corrected chi connectivity index (χ2v) is 7.97. The van der Waals surface area contributed by atoms with Crippen LogP contribution in [0.4, 0.5) is 5.82 Å². The number of hydrogen-bond donors (Lipinski definition) is 1. The van der Waals surface area contributed by atoms with Crippen LogP contribution in [0.2, 0.25) is 0 Å². The number of carbonyl (C=O) groups excluding carboxylic acids is 1. The van der Waals surface area contributed by atoms with Gasteiger partial charge in [-0.1, -0.05) is 24.3 Å². The van der Waals surface area contributed by atoms with Gasteiger partial charge < -0.3 is 19.5 Å². The fourth-order valence-corrected chi connectivity index (χ4v) is 4.16. The fourth-order valence-electron chi connectivity index (χ4n) is 4.16. The number of aromatic nitrogens is 2. The smallest absolute Gasteiger partial charge is 0.293 e. The van der Waals surface area contributed by atoms with Crippen molar-refractivity contribution in [2.45, 2.75) is 19.3 Å². The van der Waals surface area contributed by atoms with Gasteiger partial charge in [0.15, 0.2) is 5.82 Å². The molecule has 162 valence electrons. The molecular weight excluding hydrogens is 392 g/mol. The van der Waals surface area contributed by atoms with Crippen LogP contribution in [0.3, 0.4) is 0 Å². The van der Waals surface area contributed by atoms with E-state index in [1.54, 1.807) is 18.7 Å². The van der Waals surface area contributed by atoms with Crippen molar-refractivity contribution in [3.8, 4) is 5.75 Å². The molecule has 2 heterocycles. The minimum Gasteiger partial charge on any atom is -0.497 e. The van der Waals surface area contributed by atoms with Crippen LogP contribution < -0.4 is 20.5 Å². The first kappa shape index (κ1) is 20.9. The minimum atomic E-state index is -0.156. The molecule has 3 aromatic rings. The van der Waals surface area contributed by atoms with Crippen LogP contribution in [-0.2, 0) is 18.3 Å². The van der Waals surface area contributed by atoms with Crippen molar-refractivity contribution in [2.24, 2.45) is 13.0 Å². The van der Waals surface area contributed by atoms with E-state index >= 15 is 0 Å². The molecule has 7 nitrogen and oxygen atoms in total. The molecule has 1 aromatic heterocycles. The van der Waals surface area contributed by atoms with Gasteiger partial charge in [-0.05, 0) is 49.1 Å². The lowest BCUT2D eigenvalue weighted by molar-refractivity contribution is -0.125. The number of ether oxygens (including phenoxy) is 1. The highest BCUT2D eigenvalue weighted by atomic mass is 16.5. The highest BCUT2D eigenvalue weighted by molar-refractivity contribution is 5.80. The maximum absolute atomic E-state index is 12.9. The zero-order valence-electron chi connectivity index (χ0n) is 18.0. The molecule has 1 fully saturated rings. The number of aryl methyl sites for hydroxylation is 1. The Bertz CT molecular complexity index is 1140. The van der Waals surface area contributed by atoms with Gasteiger partial charge in [-0.3, -0.25) is 9.59 Å². The number of piperidine rings is 1. The molecule has 0 radical (unpaired) electrons. The van der Waals surface area contributed by atoms with Gasteiger partial charge in [-0.15, -0.1) is 0 Å². The first-order valence-corrected chi connectivity index (χ1v) is 10.7. The van der Waals surface area contributed by atoms with Gasteiger partial charge >= 0.3 is 0 Å². The summed E-state index contributed by atoms with van der Waals surface area (Å²) in [4.78, 5) is 32.3. The summed E-state index contributed by atoms with van der Waals surface area (Å²) in [7, 11) is 3.41. The Morgan fingerprint density at radius 1 is 1.23 bits per heavy atom. The van der Waals surface area contributed by atoms with E-state index in [1.165, 1.54) is 0 Å². The Balaban J connectivity index is 1.41. The van der Waals surface area contributed by atoms with Crippen LogP contribution in [-0.4, -0.2) is 42.2 Å². The number of rotatable bonds is 6. The van der Waals surface area contributed by atoms with Crippen molar-refractivity contribution >= 4 is 22.8 Å². The number of para-hydroxylation sites is 2. The normalized spacial score (nSPS) is 16.3. The highest BCUT2D eigenvalue weighted by Crippen LogP contribution is 2.21. The predicted molar refractivity (Wildman–Crippen MR) is 122 cm³/mol. The van der Waals surface area contributed by atoms with Crippen LogP contribution in [0.25, 0.3) is 11.0 Å². The van der Waals surface area contributed by atoms with Crippen LogP contribution in [0, 0.1) is 5.92 Å². The number of fused-ring (bicyclic) bond motifs is 1.